The molecule has 2 heterocycles. The Morgan fingerprint density at radius 1 is 0.957 bits per heavy atom. The van der Waals surface area contributed by atoms with Gasteiger partial charge in [0, 0.05) is 24.7 Å². The van der Waals surface area contributed by atoms with Crippen molar-refractivity contribution >= 4 is 11.6 Å². The Kier molecular flexibility index (Phi) is 2.89. The van der Waals surface area contributed by atoms with Crippen LogP contribution in [-0.2, 0) is 23.8 Å². The molecule has 2 unspecified atom stereocenters. The van der Waals surface area contributed by atoms with Gasteiger partial charge in [0.05, 0.1) is 5.92 Å². The monoisotopic (exact) mass is 316 g/mol. The number of ether oxygens (including phenoxy) is 3. The van der Waals surface area contributed by atoms with Crippen LogP contribution in [-0.4, -0.2) is 29.7 Å². The molecule has 2 saturated heterocycles. The van der Waals surface area contributed by atoms with Crippen LogP contribution in [0.5, 0.6) is 0 Å². The van der Waals surface area contributed by atoms with Gasteiger partial charge in [0.15, 0.2) is 17.4 Å². The Morgan fingerprint density at radius 2 is 1.74 bits per heavy atom. The number of allylic oxidation sites excluding steroid dienone is 3. The molecule has 23 heavy (non-hydrogen) atoms. The lowest BCUT2D eigenvalue weighted by Gasteiger charge is -2.37. The fourth-order valence-electron chi connectivity index (χ4n) is 4.92. The Balaban J connectivity index is 1.48. The Bertz CT molecular complexity index is 627. The average molecular weight is 316 g/mol. The lowest BCUT2D eigenvalue weighted by atomic mass is 9.67. The number of rotatable bonds is 0. The molecule has 1 spiro atoms. The van der Waals surface area contributed by atoms with Gasteiger partial charge in [-0.25, -0.2) is 0 Å². The summed E-state index contributed by atoms with van der Waals surface area (Å²) in [6.07, 6.45) is 9.83. The molecule has 0 aromatic heterocycles. The summed E-state index contributed by atoms with van der Waals surface area (Å²) in [5.74, 6) is -0.504. The van der Waals surface area contributed by atoms with Gasteiger partial charge in [-0.3, -0.25) is 9.59 Å². The van der Waals surface area contributed by atoms with Crippen molar-refractivity contribution in [2.45, 2.75) is 56.7 Å². The smallest absolute Gasteiger partial charge is 0.229 e. The van der Waals surface area contributed by atoms with Crippen molar-refractivity contribution in [3.63, 3.8) is 0 Å². The van der Waals surface area contributed by atoms with E-state index >= 15 is 0 Å². The molecule has 122 valence electrons. The largest absolute Gasteiger partial charge is 0.466 e. The highest BCUT2D eigenvalue weighted by Crippen LogP contribution is 2.53. The summed E-state index contributed by atoms with van der Waals surface area (Å²) in [6, 6.07) is 0. The average Bonchev–Trinajstić information content (AvgIpc) is 3.05. The van der Waals surface area contributed by atoms with Crippen LogP contribution < -0.4 is 0 Å². The van der Waals surface area contributed by atoms with Gasteiger partial charge in [-0.1, -0.05) is 6.42 Å². The predicted molar refractivity (Wildman–Crippen MR) is 79.0 cm³/mol. The summed E-state index contributed by atoms with van der Waals surface area (Å²) in [4.78, 5) is 24.6. The quantitative estimate of drug-likeness (QED) is 0.686. The molecule has 2 aliphatic heterocycles. The van der Waals surface area contributed by atoms with Crippen LogP contribution in [0, 0.1) is 17.8 Å². The van der Waals surface area contributed by atoms with Gasteiger partial charge in [0.25, 0.3) is 0 Å². The number of carbonyl (C=O) groups excluding carboxylic acids is 2. The number of ketones is 2. The van der Waals surface area contributed by atoms with Gasteiger partial charge in [0.1, 0.15) is 11.9 Å². The van der Waals surface area contributed by atoms with Crippen molar-refractivity contribution in [1.82, 2.24) is 0 Å². The zero-order valence-corrected chi connectivity index (χ0v) is 12.9. The molecular formula is C18H20O5. The summed E-state index contributed by atoms with van der Waals surface area (Å²) >= 11 is 0. The number of fused-ring (bicyclic) bond motifs is 5. The normalized spacial score (nSPS) is 43.7. The van der Waals surface area contributed by atoms with Crippen LogP contribution in [0.15, 0.2) is 24.0 Å². The van der Waals surface area contributed by atoms with Gasteiger partial charge in [-0.05, 0) is 37.5 Å². The van der Waals surface area contributed by atoms with Crippen LogP contribution in [0.2, 0.25) is 0 Å². The summed E-state index contributed by atoms with van der Waals surface area (Å²) in [5, 5.41) is 0. The third-order valence-electron chi connectivity index (χ3n) is 6.00. The maximum Gasteiger partial charge on any atom is 0.229 e. The van der Waals surface area contributed by atoms with E-state index < -0.39 is 12.1 Å². The first-order chi connectivity index (χ1) is 11.2. The van der Waals surface area contributed by atoms with Gasteiger partial charge in [0.2, 0.25) is 6.29 Å². The molecule has 0 radical (unpaired) electrons. The molecular weight excluding hydrogens is 296 g/mol. The highest BCUT2D eigenvalue weighted by atomic mass is 16.8. The second-order valence-electron chi connectivity index (χ2n) is 7.30. The summed E-state index contributed by atoms with van der Waals surface area (Å²) in [6.45, 7) is 0. The molecule has 1 saturated carbocycles. The topological polar surface area (TPSA) is 61.8 Å². The van der Waals surface area contributed by atoms with E-state index in [1.165, 1.54) is 18.6 Å². The van der Waals surface area contributed by atoms with Crippen LogP contribution in [0.25, 0.3) is 0 Å². The van der Waals surface area contributed by atoms with Gasteiger partial charge in [-0.15, -0.1) is 0 Å². The molecule has 5 heteroatoms. The van der Waals surface area contributed by atoms with Gasteiger partial charge >= 0.3 is 0 Å². The van der Waals surface area contributed by atoms with E-state index in [9.17, 15) is 9.59 Å². The SMILES string of the molecule is O=C1C=CC(=O)[C@H]2CC=C3OC4OC5(CCCCC5)OC4[C@H]3[C@@H]12. The fraction of sp³-hybridized carbons (Fsp3) is 0.667. The second-order valence-corrected chi connectivity index (χ2v) is 7.30. The molecule has 3 fully saturated rings. The molecule has 5 atom stereocenters. The van der Waals surface area contributed by atoms with Crippen molar-refractivity contribution in [2.75, 3.05) is 0 Å². The summed E-state index contributed by atoms with van der Waals surface area (Å²) < 4.78 is 18.5. The molecule has 3 aliphatic carbocycles. The number of hydrogen-bond acceptors (Lipinski definition) is 5. The zero-order chi connectivity index (χ0) is 15.6. The van der Waals surface area contributed by atoms with E-state index in [0.717, 1.165) is 31.4 Å². The van der Waals surface area contributed by atoms with Gasteiger partial charge in [-0.2, -0.15) is 0 Å². The minimum Gasteiger partial charge on any atom is -0.466 e. The maximum absolute atomic E-state index is 12.5. The fourth-order valence-corrected chi connectivity index (χ4v) is 4.92. The van der Waals surface area contributed by atoms with Crippen molar-refractivity contribution in [3.8, 4) is 0 Å². The number of carbonyl (C=O) groups is 2. The highest BCUT2D eigenvalue weighted by Gasteiger charge is 2.61. The van der Waals surface area contributed by atoms with E-state index in [4.69, 9.17) is 14.2 Å². The van der Waals surface area contributed by atoms with E-state index in [2.05, 4.69) is 0 Å². The Hall–Kier alpha value is -1.46. The predicted octanol–water partition coefficient (Wildman–Crippen LogP) is 2.26. The van der Waals surface area contributed by atoms with Crippen LogP contribution >= 0.6 is 0 Å². The van der Waals surface area contributed by atoms with Crippen molar-refractivity contribution in [1.29, 1.82) is 0 Å². The van der Waals surface area contributed by atoms with E-state index in [-0.39, 0.29) is 35.4 Å². The molecule has 0 bridgehead atoms. The second kappa shape index (κ2) is 4.77. The summed E-state index contributed by atoms with van der Waals surface area (Å²) in [5.41, 5.74) is 0. The molecule has 5 rings (SSSR count). The third-order valence-corrected chi connectivity index (χ3v) is 6.00. The first-order valence-corrected chi connectivity index (χ1v) is 8.65. The van der Waals surface area contributed by atoms with E-state index in [0.29, 0.717) is 6.42 Å². The molecule has 5 nitrogen and oxygen atoms in total. The standard InChI is InChI=1S/C18H20O5/c19-11-5-6-12(20)14-10(11)4-7-13-15(14)16-17(21-13)23-18(22-16)8-2-1-3-9-18/h5-7,10,14-17H,1-4,8-9H2/t10-,14-,15-,16?,17?/m1/s1. The molecule has 0 aromatic rings. The lowest BCUT2D eigenvalue weighted by molar-refractivity contribution is -0.226. The van der Waals surface area contributed by atoms with Gasteiger partial charge < -0.3 is 14.2 Å². The first-order valence-electron chi connectivity index (χ1n) is 8.65. The van der Waals surface area contributed by atoms with E-state index in [1.54, 1.807) is 0 Å². The first kappa shape index (κ1) is 13.9. The molecule has 5 aliphatic rings. The molecule has 0 amide bonds. The minimum atomic E-state index is -0.538. The molecule has 0 aromatic carbocycles. The number of hydrogen-bond donors (Lipinski definition) is 0. The van der Waals surface area contributed by atoms with Crippen LogP contribution in [0.1, 0.15) is 38.5 Å². The Morgan fingerprint density at radius 3 is 2.57 bits per heavy atom. The Labute approximate surface area is 134 Å². The maximum atomic E-state index is 12.5. The van der Waals surface area contributed by atoms with Crippen molar-refractivity contribution in [3.05, 3.63) is 24.0 Å². The van der Waals surface area contributed by atoms with Crippen molar-refractivity contribution < 1.29 is 23.8 Å². The van der Waals surface area contributed by atoms with Crippen LogP contribution in [0.3, 0.4) is 0 Å². The van der Waals surface area contributed by atoms with Crippen LogP contribution in [0.4, 0.5) is 0 Å². The highest BCUT2D eigenvalue weighted by molar-refractivity contribution is 6.07. The summed E-state index contributed by atoms with van der Waals surface area (Å²) in [7, 11) is 0. The lowest BCUT2D eigenvalue weighted by Crippen LogP contribution is -2.44. The zero-order valence-electron chi connectivity index (χ0n) is 12.9. The molecule has 0 N–H and O–H groups in total. The third kappa shape index (κ3) is 1.93. The minimum absolute atomic E-state index is 0.0163. The van der Waals surface area contributed by atoms with E-state index in [1.807, 2.05) is 6.08 Å². The van der Waals surface area contributed by atoms with Crippen molar-refractivity contribution in [2.24, 2.45) is 17.8 Å².